The molecule has 0 bridgehead atoms. The van der Waals surface area contributed by atoms with Crippen molar-refractivity contribution in [2.45, 2.75) is 6.92 Å². The van der Waals surface area contributed by atoms with Crippen molar-refractivity contribution < 1.29 is 19.2 Å². The van der Waals surface area contributed by atoms with E-state index in [0.717, 1.165) is 0 Å². The van der Waals surface area contributed by atoms with Crippen LogP contribution < -0.4 is 10.1 Å². The second-order valence-corrected chi connectivity index (χ2v) is 4.43. The van der Waals surface area contributed by atoms with E-state index in [1.54, 1.807) is 30.2 Å². The average Bonchev–Trinajstić information content (AvgIpc) is 3.06. The van der Waals surface area contributed by atoms with Gasteiger partial charge in [0.05, 0.1) is 36.7 Å². The third kappa shape index (κ3) is 3.76. The molecule has 0 saturated carbocycles. The maximum atomic E-state index is 11.4. The van der Waals surface area contributed by atoms with Gasteiger partial charge in [0.25, 0.3) is 5.69 Å². The summed E-state index contributed by atoms with van der Waals surface area (Å²) >= 11 is 0. The monoisotopic (exact) mass is 320 g/mol. The highest BCUT2D eigenvalue weighted by atomic mass is 16.6. The number of hydrogen-bond donors (Lipinski definition) is 1. The lowest BCUT2D eigenvalue weighted by atomic mass is 10.2. The lowest BCUT2D eigenvalue weighted by Crippen LogP contribution is -2.17. The Morgan fingerprint density at radius 1 is 1.48 bits per heavy atom. The van der Waals surface area contributed by atoms with E-state index in [2.05, 4.69) is 10.3 Å². The number of carbonyl (C=O) groups excluding carboxylic acids is 1. The summed E-state index contributed by atoms with van der Waals surface area (Å²) < 4.78 is 11.7. The second-order valence-electron chi connectivity index (χ2n) is 4.43. The number of anilines is 1. The van der Waals surface area contributed by atoms with Crippen molar-refractivity contribution in [2.75, 3.05) is 25.6 Å². The van der Waals surface area contributed by atoms with Crippen LogP contribution in [0.15, 0.2) is 30.9 Å². The number of ether oxygens (including phenoxy) is 2. The summed E-state index contributed by atoms with van der Waals surface area (Å²) in [5, 5.41) is 14.0. The molecule has 0 radical (unpaired) electrons. The number of carbonyl (C=O) groups is 1. The van der Waals surface area contributed by atoms with Gasteiger partial charge in [-0.2, -0.15) is 0 Å². The molecule has 23 heavy (non-hydrogen) atoms. The molecule has 9 heteroatoms. The Labute approximate surface area is 132 Å². The molecule has 0 amide bonds. The molecule has 0 fully saturated rings. The smallest absolute Gasteiger partial charge is 0.325 e. The first-order valence-electron chi connectivity index (χ1n) is 6.81. The van der Waals surface area contributed by atoms with E-state index in [-0.39, 0.29) is 24.5 Å². The molecule has 1 N–H and O–H groups in total. The minimum absolute atomic E-state index is 0.176. The molecular weight excluding hydrogens is 304 g/mol. The van der Waals surface area contributed by atoms with Crippen LogP contribution in [0.1, 0.15) is 6.92 Å². The van der Waals surface area contributed by atoms with Gasteiger partial charge in [-0.3, -0.25) is 14.9 Å². The molecule has 2 rings (SSSR count). The van der Waals surface area contributed by atoms with Gasteiger partial charge < -0.3 is 19.4 Å². The molecule has 0 aliphatic heterocycles. The first-order valence-corrected chi connectivity index (χ1v) is 6.81. The molecule has 122 valence electrons. The summed E-state index contributed by atoms with van der Waals surface area (Å²) in [6.45, 7) is 1.75. The lowest BCUT2D eigenvalue weighted by Gasteiger charge is -2.13. The fourth-order valence-electron chi connectivity index (χ4n) is 2.00. The van der Waals surface area contributed by atoms with Crippen molar-refractivity contribution in [3.63, 3.8) is 0 Å². The quantitative estimate of drug-likeness (QED) is 0.470. The van der Waals surface area contributed by atoms with Gasteiger partial charge in [-0.05, 0) is 13.0 Å². The molecule has 1 aromatic carbocycles. The minimum atomic E-state index is -0.548. The highest BCUT2D eigenvalue weighted by Gasteiger charge is 2.20. The largest absolute Gasteiger partial charge is 0.494 e. The third-order valence-electron chi connectivity index (χ3n) is 3.00. The van der Waals surface area contributed by atoms with Crippen LogP contribution in [-0.2, 0) is 9.53 Å². The molecular formula is C14H16N4O5. The van der Waals surface area contributed by atoms with Crippen molar-refractivity contribution in [2.24, 2.45) is 0 Å². The summed E-state index contributed by atoms with van der Waals surface area (Å²) in [6.07, 6.45) is 4.80. The van der Waals surface area contributed by atoms with Crippen LogP contribution in [0.2, 0.25) is 0 Å². The van der Waals surface area contributed by atoms with E-state index < -0.39 is 10.9 Å². The highest BCUT2D eigenvalue weighted by molar-refractivity contribution is 5.78. The number of methoxy groups -OCH3 is 1. The van der Waals surface area contributed by atoms with Gasteiger partial charge in [0, 0.05) is 12.4 Å². The fraction of sp³-hybridized carbons (Fsp3) is 0.286. The number of benzene rings is 1. The Morgan fingerprint density at radius 3 is 2.83 bits per heavy atom. The van der Waals surface area contributed by atoms with E-state index in [1.807, 2.05) is 0 Å². The Hall–Kier alpha value is -3.10. The van der Waals surface area contributed by atoms with Crippen molar-refractivity contribution in [1.29, 1.82) is 0 Å². The number of imidazole rings is 1. The Morgan fingerprint density at radius 2 is 2.26 bits per heavy atom. The maximum Gasteiger partial charge on any atom is 0.325 e. The number of rotatable bonds is 7. The average molecular weight is 320 g/mol. The Balaban J connectivity index is 2.40. The zero-order valence-corrected chi connectivity index (χ0v) is 12.7. The molecule has 0 spiro atoms. The van der Waals surface area contributed by atoms with Crippen LogP contribution in [0.3, 0.4) is 0 Å². The van der Waals surface area contributed by atoms with Crippen molar-refractivity contribution in [3.05, 3.63) is 41.0 Å². The summed E-state index contributed by atoms with van der Waals surface area (Å²) in [5.74, 6) is -0.182. The molecule has 9 nitrogen and oxygen atoms in total. The van der Waals surface area contributed by atoms with Crippen LogP contribution >= 0.6 is 0 Å². The van der Waals surface area contributed by atoms with Crippen molar-refractivity contribution >= 4 is 17.3 Å². The Kier molecular flexibility index (Phi) is 5.13. The predicted molar refractivity (Wildman–Crippen MR) is 81.9 cm³/mol. The van der Waals surface area contributed by atoms with Crippen LogP contribution in [0.4, 0.5) is 11.4 Å². The van der Waals surface area contributed by atoms with Crippen LogP contribution in [-0.4, -0.2) is 40.7 Å². The number of nitro benzene ring substituents is 1. The second kappa shape index (κ2) is 7.25. The normalized spacial score (nSPS) is 10.2. The van der Waals surface area contributed by atoms with Gasteiger partial charge in [-0.25, -0.2) is 4.98 Å². The van der Waals surface area contributed by atoms with Crippen molar-refractivity contribution in [3.8, 4) is 11.4 Å². The summed E-state index contributed by atoms with van der Waals surface area (Å²) in [5.41, 5.74) is 0.546. The zero-order valence-electron chi connectivity index (χ0n) is 12.7. The van der Waals surface area contributed by atoms with Gasteiger partial charge in [0.15, 0.2) is 0 Å². The fourth-order valence-corrected chi connectivity index (χ4v) is 2.00. The third-order valence-corrected chi connectivity index (χ3v) is 3.00. The number of aromatic nitrogens is 2. The summed E-state index contributed by atoms with van der Waals surface area (Å²) in [7, 11) is 1.42. The topological polar surface area (TPSA) is 109 Å². The minimum Gasteiger partial charge on any atom is -0.494 e. The van der Waals surface area contributed by atoms with Crippen molar-refractivity contribution in [1.82, 2.24) is 9.55 Å². The molecule has 1 aromatic heterocycles. The highest BCUT2D eigenvalue weighted by Crippen LogP contribution is 2.34. The van der Waals surface area contributed by atoms with Crippen LogP contribution in [0.25, 0.3) is 5.69 Å². The zero-order chi connectivity index (χ0) is 16.8. The Bertz CT molecular complexity index is 699. The number of hydrogen-bond acceptors (Lipinski definition) is 7. The van der Waals surface area contributed by atoms with Crippen LogP contribution in [0.5, 0.6) is 5.75 Å². The maximum absolute atomic E-state index is 11.4. The standard InChI is InChI=1S/C14H16N4O5/c1-3-23-14(19)8-16-10-6-12(17-5-4-15-9-17)13(22-2)7-11(10)18(20)21/h4-7,9,16H,3,8H2,1-2H3. The molecule has 0 aliphatic carbocycles. The van der Waals surface area contributed by atoms with E-state index in [1.165, 1.54) is 19.2 Å². The van der Waals surface area contributed by atoms with E-state index >= 15 is 0 Å². The molecule has 2 aromatic rings. The van der Waals surface area contributed by atoms with Gasteiger partial charge in [-0.15, -0.1) is 0 Å². The number of esters is 1. The lowest BCUT2D eigenvalue weighted by molar-refractivity contribution is -0.384. The molecule has 0 atom stereocenters. The molecule has 0 unspecified atom stereocenters. The van der Waals surface area contributed by atoms with E-state index in [4.69, 9.17) is 9.47 Å². The van der Waals surface area contributed by atoms with E-state index in [0.29, 0.717) is 11.4 Å². The predicted octanol–water partition coefficient (Wildman–Crippen LogP) is 1.76. The number of nitrogens with zero attached hydrogens (tertiary/aromatic N) is 3. The molecule has 0 saturated heterocycles. The van der Waals surface area contributed by atoms with Gasteiger partial charge in [-0.1, -0.05) is 0 Å². The summed E-state index contributed by atoms with van der Waals surface area (Å²) in [6, 6.07) is 2.82. The number of nitrogens with one attached hydrogen (secondary N) is 1. The van der Waals surface area contributed by atoms with Gasteiger partial charge in [0.1, 0.15) is 18.0 Å². The van der Waals surface area contributed by atoms with Crippen LogP contribution in [0, 0.1) is 10.1 Å². The number of nitro groups is 1. The molecule has 1 heterocycles. The molecule has 0 aliphatic rings. The summed E-state index contributed by atoms with van der Waals surface area (Å²) in [4.78, 5) is 26.1. The van der Waals surface area contributed by atoms with Gasteiger partial charge >= 0.3 is 5.97 Å². The SMILES string of the molecule is CCOC(=O)CNc1cc(-n2ccnc2)c(OC)cc1[N+](=O)[O-]. The van der Waals surface area contributed by atoms with E-state index in [9.17, 15) is 14.9 Å². The first-order chi connectivity index (χ1) is 11.1. The first kappa shape index (κ1) is 16.3. The van der Waals surface area contributed by atoms with Gasteiger partial charge in [0.2, 0.25) is 0 Å².